The first-order chi connectivity index (χ1) is 21.0. The van der Waals surface area contributed by atoms with Gasteiger partial charge in [0.15, 0.2) is 0 Å². The zero-order valence-corrected chi connectivity index (χ0v) is 26.8. The third-order valence-electron chi connectivity index (χ3n) is 8.86. The van der Waals surface area contributed by atoms with Crippen molar-refractivity contribution in [2.45, 2.75) is 51.2 Å². The summed E-state index contributed by atoms with van der Waals surface area (Å²) in [6, 6.07) is 10.8. The van der Waals surface area contributed by atoms with Gasteiger partial charge >= 0.3 is 10.2 Å². The molecule has 2 aliphatic heterocycles. The lowest BCUT2D eigenvalue weighted by atomic mass is 9.70. The van der Waals surface area contributed by atoms with E-state index in [1.807, 2.05) is 18.2 Å². The molecule has 238 valence electrons. The average Bonchev–Trinajstić information content (AvgIpc) is 2.99. The molecule has 0 aromatic heterocycles. The maximum Gasteiger partial charge on any atom is 0.304 e. The minimum absolute atomic E-state index is 0.0298. The highest BCUT2D eigenvalue weighted by atomic mass is 35.5. The Morgan fingerprint density at radius 1 is 1.11 bits per heavy atom. The van der Waals surface area contributed by atoms with Gasteiger partial charge in [-0.05, 0) is 91.8 Å². The summed E-state index contributed by atoms with van der Waals surface area (Å²) in [6.07, 6.45) is 7.63. The minimum Gasteiger partial charge on any atom is -0.487 e. The standard InChI is InChI=1S/C32H41ClN4O6S/c1-35(2)31(39)20-37-16-6-4-8-29(38)27-13-10-24(27)19-36-15-5-3-7-22-17-26(33)12-9-25(22)21-43-30-14-11-23(18-28(30)36)32(40)34-44(37,41)42/h4,8-9,11-12,14,17-18,24,27,29,38H,3,5-7,10,13,15-16,19-21H2,1-2H3,(H,34,40)/b8-4+/t24-,27+,29-/m0/s1. The highest BCUT2D eigenvalue weighted by Crippen LogP contribution is 2.41. The van der Waals surface area contributed by atoms with Gasteiger partial charge in [-0.25, -0.2) is 4.72 Å². The van der Waals surface area contributed by atoms with E-state index in [9.17, 15) is 23.1 Å². The number of hydrogen-bond donors (Lipinski definition) is 2. The van der Waals surface area contributed by atoms with Crippen LogP contribution in [0.4, 0.5) is 5.69 Å². The molecule has 0 saturated heterocycles. The van der Waals surface area contributed by atoms with E-state index < -0.39 is 34.7 Å². The van der Waals surface area contributed by atoms with Crippen LogP contribution in [0.2, 0.25) is 5.02 Å². The normalized spacial score (nSPS) is 25.1. The lowest BCUT2D eigenvalue weighted by molar-refractivity contribution is -0.128. The molecule has 2 N–H and O–H groups in total. The van der Waals surface area contributed by atoms with Gasteiger partial charge in [0.1, 0.15) is 12.4 Å². The quantitative estimate of drug-likeness (QED) is 0.478. The summed E-state index contributed by atoms with van der Waals surface area (Å²) in [5.74, 6) is -0.315. The molecular formula is C32H41ClN4O6S. The molecule has 44 heavy (non-hydrogen) atoms. The number of hydrogen-bond acceptors (Lipinski definition) is 7. The Kier molecular flexibility index (Phi) is 10.2. The van der Waals surface area contributed by atoms with Gasteiger partial charge in [-0.3, -0.25) is 9.59 Å². The monoisotopic (exact) mass is 644 g/mol. The van der Waals surface area contributed by atoms with Gasteiger partial charge in [0.25, 0.3) is 5.91 Å². The summed E-state index contributed by atoms with van der Waals surface area (Å²) in [6.45, 7) is 1.24. The van der Waals surface area contributed by atoms with Crippen LogP contribution < -0.4 is 14.4 Å². The van der Waals surface area contributed by atoms with Crippen molar-refractivity contribution in [1.29, 1.82) is 0 Å². The Hall–Kier alpha value is -3.12. The number of aryl methyl sites for hydroxylation is 1. The van der Waals surface area contributed by atoms with Crippen LogP contribution in [0, 0.1) is 11.8 Å². The predicted molar refractivity (Wildman–Crippen MR) is 170 cm³/mol. The summed E-state index contributed by atoms with van der Waals surface area (Å²) in [5, 5.41) is 11.7. The SMILES string of the molecule is CN(C)C(=O)CN1CC/C=C/[C@H](O)[C@@H]2CC[C@H]2CN2CCCCc3cc(Cl)ccc3COc3ccc(cc32)C(=O)NS1(=O)=O. The number of halogens is 1. The molecule has 1 fully saturated rings. The molecule has 10 nitrogen and oxygen atoms in total. The van der Waals surface area contributed by atoms with Gasteiger partial charge in [-0.1, -0.05) is 29.8 Å². The number of nitrogens with zero attached hydrogens (tertiary/aromatic N) is 3. The van der Waals surface area contributed by atoms with E-state index in [2.05, 4.69) is 9.62 Å². The number of likely N-dealkylation sites (N-methyl/N-ethyl adjacent to an activating group) is 1. The maximum atomic E-state index is 13.4. The third kappa shape index (κ3) is 7.56. The highest BCUT2D eigenvalue weighted by molar-refractivity contribution is 7.87. The highest BCUT2D eigenvalue weighted by Gasteiger charge is 2.37. The van der Waals surface area contributed by atoms with Crippen molar-refractivity contribution in [3.8, 4) is 5.75 Å². The lowest BCUT2D eigenvalue weighted by Gasteiger charge is -2.42. The fraction of sp³-hybridized carbons (Fsp3) is 0.500. The van der Waals surface area contributed by atoms with Gasteiger partial charge in [0, 0.05) is 44.3 Å². The second-order valence-corrected chi connectivity index (χ2v) is 14.2. The van der Waals surface area contributed by atoms with E-state index in [0.717, 1.165) is 47.5 Å². The number of aliphatic hydroxyl groups is 1. The zero-order valence-electron chi connectivity index (χ0n) is 25.2. The Balaban J connectivity index is 1.52. The Morgan fingerprint density at radius 2 is 1.93 bits per heavy atom. The van der Waals surface area contributed by atoms with Crippen LogP contribution in [-0.2, 0) is 28.0 Å². The number of anilines is 1. The molecule has 2 aromatic rings. The van der Waals surface area contributed by atoms with Crippen LogP contribution in [0.1, 0.15) is 53.6 Å². The smallest absolute Gasteiger partial charge is 0.304 e. The summed E-state index contributed by atoms with van der Waals surface area (Å²) in [5.41, 5.74) is 3.05. The molecule has 3 atom stereocenters. The second-order valence-electron chi connectivity index (χ2n) is 12.1. The molecular weight excluding hydrogens is 604 g/mol. The molecule has 2 heterocycles. The van der Waals surface area contributed by atoms with Crippen molar-refractivity contribution in [2.24, 2.45) is 11.8 Å². The van der Waals surface area contributed by atoms with Crippen molar-refractivity contribution in [3.05, 3.63) is 70.3 Å². The molecule has 5 rings (SSSR count). The zero-order chi connectivity index (χ0) is 31.4. The number of aliphatic hydroxyl groups excluding tert-OH is 1. The number of rotatable bonds is 2. The molecule has 0 unspecified atom stereocenters. The molecule has 12 heteroatoms. The first-order valence-corrected chi connectivity index (χ1v) is 17.0. The topological polar surface area (TPSA) is 119 Å². The van der Waals surface area contributed by atoms with Crippen molar-refractivity contribution in [3.63, 3.8) is 0 Å². The summed E-state index contributed by atoms with van der Waals surface area (Å²) >= 11 is 6.30. The number of benzene rings is 2. The minimum atomic E-state index is -4.37. The van der Waals surface area contributed by atoms with Crippen LogP contribution in [0.15, 0.2) is 48.6 Å². The molecule has 3 aliphatic rings. The van der Waals surface area contributed by atoms with Gasteiger partial charge in [-0.15, -0.1) is 0 Å². The van der Waals surface area contributed by atoms with Crippen molar-refractivity contribution in [2.75, 3.05) is 45.2 Å². The number of nitrogens with one attached hydrogen (secondary N) is 1. The molecule has 2 bridgehead atoms. The number of carbonyl (C=O) groups is 2. The maximum absolute atomic E-state index is 13.4. The number of amides is 2. The molecule has 1 aliphatic carbocycles. The van der Waals surface area contributed by atoms with Gasteiger partial charge in [-0.2, -0.15) is 12.7 Å². The third-order valence-corrected chi connectivity index (χ3v) is 10.5. The van der Waals surface area contributed by atoms with Crippen molar-refractivity contribution in [1.82, 2.24) is 13.9 Å². The predicted octanol–water partition coefficient (Wildman–Crippen LogP) is 3.77. The van der Waals surface area contributed by atoms with Crippen LogP contribution in [0.25, 0.3) is 0 Å². The fourth-order valence-electron chi connectivity index (χ4n) is 6.05. The Bertz CT molecular complexity index is 1510. The molecule has 0 radical (unpaired) electrons. The van der Waals surface area contributed by atoms with Crippen molar-refractivity contribution < 1.29 is 27.9 Å². The summed E-state index contributed by atoms with van der Waals surface area (Å²) in [7, 11) is -1.28. The number of carbonyl (C=O) groups excluding carboxylic acids is 2. The first-order valence-electron chi connectivity index (χ1n) is 15.2. The van der Waals surface area contributed by atoms with Crippen LogP contribution >= 0.6 is 11.6 Å². The number of fused-ring (bicyclic) bond motifs is 3. The van der Waals surface area contributed by atoms with E-state index in [1.165, 1.54) is 4.90 Å². The van der Waals surface area contributed by atoms with Crippen LogP contribution in [-0.4, -0.2) is 80.9 Å². The lowest BCUT2D eigenvalue weighted by Crippen LogP contribution is -2.48. The molecule has 2 aromatic carbocycles. The van der Waals surface area contributed by atoms with Gasteiger partial charge < -0.3 is 19.6 Å². The number of ether oxygens (including phenoxy) is 1. The van der Waals surface area contributed by atoms with E-state index in [0.29, 0.717) is 36.2 Å². The van der Waals surface area contributed by atoms with E-state index in [-0.39, 0.29) is 30.4 Å². The summed E-state index contributed by atoms with van der Waals surface area (Å²) in [4.78, 5) is 29.4. The largest absolute Gasteiger partial charge is 0.487 e. The van der Waals surface area contributed by atoms with Crippen LogP contribution in [0.5, 0.6) is 5.75 Å². The van der Waals surface area contributed by atoms with E-state index in [1.54, 1.807) is 44.4 Å². The fourth-order valence-corrected chi connectivity index (χ4v) is 7.35. The van der Waals surface area contributed by atoms with Crippen LogP contribution in [0.3, 0.4) is 0 Å². The van der Waals surface area contributed by atoms with Crippen molar-refractivity contribution >= 4 is 39.3 Å². The molecule has 2 amide bonds. The Morgan fingerprint density at radius 3 is 2.68 bits per heavy atom. The van der Waals surface area contributed by atoms with Gasteiger partial charge in [0.2, 0.25) is 5.91 Å². The molecule has 0 spiro atoms. The first kappa shape index (κ1) is 32.3. The molecule has 1 saturated carbocycles. The van der Waals surface area contributed by atoms with Gasteiger partial charge in [0.05, 0.1) is 18.3 Å². The second kappa shape index (κ2) is 13.9. The Labute approximate surface area is 264 Å². The summed E-state index contributed by atoms with van der Waals surface area (Å²) < 4.78 is 36.3. The average molecular weight is 645 g/mol. The van der Waals surface area contributed by atoms with E-state index >= 15 is 0 Å². The van der Waals surface area contributed by atoms with E-state index in [4.69, 9.17) is 16.3 Å².